The quantitative estimate of drug-likeness (QED) is 0.677. The number of hydrogen-bond donors (Lipinski definition) is 2. The van der Waals surface area contributed by atoms with Gasteiger partial charge in [0.05, 0.1) is 6.61 Å². The molecule has 2 N–H and O–H groups in total. The highest BCUT2D eigenvalue weighted by Crippen LogP contribution is 2.20. The van der Waals surface area contributed by atoms with Gasteiger partial charge < -0.3 is 15.4 Å². The molecule has 0 aliphatic carbocycles. The summed E-state index contributed by atoms with van der Waals surface area (Å²) in [6.45, 7) is 4.98. The average molecular weight is 343 g/mol. The highest BCUT2D eigenvalue weighted by Gasteiger charge is 2.10. The third-order valence-electron chi connectivity index (χ3n) is 3.04. The minimum absolute atomic E-state index is 0.0916. The number of halogens is 1. The van der Waals surface area contributed by atoms with Crippen LogP contribution in [-0.4, -0.2) is 39.3 Å². The molecule has 0 aliphatic heterocycles. The van der Waals surface area contributed by atoms with Crippen LogP contribution in [0.5, 0.6) is 0 Å². The Kier molecular flexibility index (Phi) is 8.49. The molecule has 0 fully saturated rings. The molecule has 5 heteroatoms. The number of methoxy groups -OCH3 is 1. The monoisotopic (exact) mass is 342 g/mol. The third kappa shape index (κ3) is 7.03. The van der Waals surface area contributed by atoms with E-state index in [-0.39, 0.29) is 11.8 Å². The molecule has 1 aromatic rings. The molecule has 1 amide bonds. The fourth-order valence-electron chi connectivity index (χ4n) is 1.85. The summed E-state index contributed by atoms with van der Waals surface area (Å²) in [5, 5.41) is 6.11. The molecule has 112 valence electrons. The van der Waals surface area contributed by atoms with Crippen LogP contribution in [-0.2, 0) is 9.53 Å². The lowest BCUT2D eigenvalue weighted by atomic mass is 9.98. The second-order valence-electron chi connectivity index (χ2n) is 4.75. The van der Waals surface area contributed by atoms with Crippen molar-refractivity contribution in [3.05, 3.63) is 34.3 Å². The minimum Gasteiger partial charge on any atom is -0.383 e. The maximum atomic E-state index is 11.8. The SMILES string of the molecule is COCCNCCNC(=O)CC(C)c1ccc(Br)cc1. The van der Waals surface area contributed by atoms with Gasteiger partial charge in [0.15, 0.2) is 0 Å². The first-order valence-corrected chi connectivity index (χ1v) is 7.64. The van der Waals surface area contributed by atoms with Crippen molar-refractivity contribution in [2.75, 3.05) is 33.4 Å². The lowest BCUT2D eigenvalue weighted by Crippen LogP contribution is -2.33. The number of carbonyl (C=O) groups excluding carboxylic acids is 1. The van der Waals surface area contributed by atoms with Crippen LogP contribution in [0.2, 0.25) is 0 Å². The molecule has 20 heavy (non-hydrogen) atoms. The molecule has 0 bridgehead atoms. The molecule has 0 spiro atoms. The third-order valence-corrected chi connectivity index (χ3v) is 3.57. The van der Waals surface area contributed by atoms with Gasteiger partial charge in [0, 0.05) is 37.6 Å². The van der Waals surface area contributed by atoms with E-state index in [1.807, 2.05) is 24.3 Å². The van der Waals surface area contributed by atoms with Gasteiger partial charge in [0.1, 0.15) is 0 Å². The first kappa shape index (κ1) is 17.1. The highest BCUT2D eigenvalue weighted by molar-refractivity contribution is 9.10. The zero-order valence-corrected chi connectivity index (χ0v) is 13.7. The van der Waals surface area contributed by atoms with E-state index in [1.54, 1.807) is 7.11 Å². The van der Waals surface area contributed by atoms with Crippen molar-refractivity contribution >= 4 is 21.8 Å². The van der Waals surface area contributed by atoms with E-state index in [1.165, 1.54) is 5.56 Å². The molecular formula is C15H23BrN2O2. The average Bonchev–Trinajstić information content (AvgIpc) is 2.43. The summed E-state index contributed by atoms with van der Waals surface area (Å²) < 4.78 is 5.98. The predicted molar refractivity (Wildman–Crippen MR) is 84.9 cm³/mol. The summed E-state index contributed by atoms with van der Waals surface area (Å²) in [5.74, 6) is 0.318. The van der Waals surface area contributed by atoms with Gasteiger partial charge in [-0.1, -0.05) is 35.0 Å². The van der Waals surface area contributed by atoms with Crippen LogP contribution < -0.4 is 10.6 Å². The number of ether oxygens (including phenoxy) is 1. The van der Waals surface area contributed by atoms with Crippen molar-refractivity contribution < 1.29 is 9.53 Å². The zero-order valence-electron chi connectivity index (χ0n) is 12.1. The Morgan fingerprint density at radius 3 is 2.60 bits per heavy atom. The van der Waals surface area contributed by atoms with Gasteiger partial charge in [-0.05, 0) is 23.6 Å². The van der Waals surface area contributed by atoms with E-state index in [4.69, 9.17) is 4.74 Å². The number of benzene rings is 1. The molecule has 0 aromatic heterocycles. The van der Waals surface area contributed by atoms with E-state index >= 15 is 0 Å². The van der Waals surface area contributed by atoms with E-state index in [9.17, 15) is 4.79 Å². The molecule has 1 aromatic carbocycles. The molecule has 0 radical (unpaired) electrons. The summed E-state index contributed by atoms with van der Waals surface area (Å²) in [6, 6.07) is 8.11. The van der Waals surface area contributed by atoms with Crippen molar-refractivity contribution in [1.29, 1.82) is 0 Å². The summed E-state index contributed by atoms with van der Waals surface area (Å²) >= 11 is 3.41. The van der Waals surface area contributed by atoms with E-state index in [0.717, 1.165) is 17.6 Å². The van der Waals surface area contributed by atoms with Crippen LogP contribution in [0, 0.1) is 0 Å². The number of nitrogens with one attached hydrogen (secondary N) is 2. The van der Waals surface area contributed by atoms with Crippen LogP contribution in [0.3, 0.4) is 0 Å². The number of hydrogen-bond acceptors (Lipinski definition) is 3. The van der Waals surface area contributed by atoms with Crippen LogP contribution in [0.1, 0.15) is 24.8 Å². The van der Waals surface area contributed by atoms with Gasteiger partial charge >= 0.3 is 0 Å². The zero-order chi connectivity index (χ0) is 14.8. The van der Waals surface area contributed by atoms with E-state index in [2.05, 4.69) is 33.5 Å². The summed E-state index contributed by atoms with van der Waals surface area (Å²) in [4.78, 5) is 11.8. The van der Waals surface area contributed by atoms with Gasteiger partial charge in [-0.2, -0.15) is 0 Å². The standard InChI is InChI=1S/C15H23BrN2O2/c1-12(13-3-5-14(16)6-4-13)11-15(19)18-8-7-17-9-10-20-2/h3-6,12,17H,7-11H2,1-2H3,(H,18,19). The Hall–Kier alpha value is -0.910. The molecule has 0 heterocycles. The van der Waals surface area contributed by atoms with Crippen molar-refractivity contribution in [3.63, 3.8) is 0 Å². The maximum Gasteiger partial charge on any atom is 0.220 e. The Morgan fingerprint density at radius 2 is 1.95 bits per heavy atom. The lowest BCUT2D eigenvalue weighted by molar-refractivity contribution is -0.121. The number of rotatable bonds is 9. The maximum absolute atomic E-state index is 11.8. The van der Waals surface area contributed by atoms with Crippen molar-refractivity contribution in [1.82, 2.24) is 10.6 Å². The second kappa shape index (κ2) is 9.91. The van der Waals surface area contributed by atoms with Gasteiger partial charge in [0.2, 0.25) is 5.91 Å². The van der Waals surface area contributed by atoms with Crippen LogP contribution >= 0.6 is 15.9 Å². The van der Waals surface area contributed by atoms with Crippen LogP contribution in [0.4, 0.5) is 0 Å². The Balaban J connectivity index is 2.19. The Bertz CT molecular complexity index is 395. The summed E-state index contributed by atoms with van der Waals surface area (Å²) in [6.07, 6.45) is 0.514. The van der Waals surface area contributed by atoms with Crippen molar-refractivity contribution in [3.8, 4) is 0 Å². The molecular weight excluding hydrogens is 320 g/mol. The summed E-state index contributed by atoms with van der Waals surface area (Å²) in [5.41, 5.74) is 1.18. The predicted octanol–water partition coefficient (Wildman–Crippen LogP) is 2.29. The minimum atomic E-state index is 0.0916. The molecule has 0 saturated carbocycles. The molecule has 0 saturated heterocycles. The van der Waals surface area contributed by atoms with Crippen molar-refractivity contribution in [2.24, 2.45) is 0 Å². The van der Waals surface area contributed by atoms with Crippen LogP contribution in [0.15, 0.2) is 28.7 Å². The Labute approximate surface area is 129 Å². The van der Waals surface area contributed by atoms with E-state index in [0.29, 0.717) is 19.6 Å². The highest BCUT2D eigenvalue weighted by atomic mass is 79.9. The summed E-state index contributed by atoms with van der Waals surface area (Å²) in [7, 11) is 1.67. The lowest BCUT2D eigenvalue weighted by Gasteiger charge is -2.12. The van der Waals surface area contributed by atoms with Gasteiger partial charge in [-0.15, -0.1) is 0 Å². The number of carbonyl (C=O) groups is 1. The fourth-order valence-corrected chi connectivity index (χ4v) is 2.11. The smallest absolute Gasteiger partial charge is 0.220 e. The van der Waals surface area contributed by atoms with Gasteiger partial charge in [0.25, 0.3) is 0 Å². The largest absolute Gasteiger partial charge is 0.383 e. The molecule has 1 rings (SSSR count). The molecule has 0 aliphatic rings. The Morgan fingerprint density at radius 1 is 1.25 bits per heavy atom. The van der Waals surface area contributed by atoms with E-state index < -0.39 is 0 Å². The normalized spacial score (nSPS) is 12.2. The van der Waals surface area contributed by atoms with Crippen LogP contribution in [0.25, 0.3) is 0 Å². The first-order chi connectivity index (χ1) is 9.63. The second-order valence-corrected chi connectivity index (χ2v) is 5.67. The number of amides is 1. The molecule has 1 atom stereocenters. The van der Waals surface area contributed by atoms with Crippen molar-refractivity contribution in [2.45, 2.75) is 19.3 Å². The van der Waals surface area contributed by atoms with Gasteiger partial charge in [-0.3, -0.25) is 4.79 Å². The topological polar surface area (TPSA) is 50.4 Å². The first-order valence-electron chi connectivity index (χ1n) is 6.85. The van der Waals surface area contributed by atoms with Gasteiger partial charge in [-0.25, -0.2) is 0 Å². The molecule has 1 unspecified atom stereocenters. The fraction of sp³-hybridized carbons (Fsp3) is 0.533. The molecule has 4 nitrogen and oxygen atoms in total.